The van der Waals surface area contributed by atoms with Crippen molar-refractivity contribution in [2.75, 3.05) is 6.54 Å². The lowest BCUT2D eigenvalue weighted by Gasteiger charge is -2.36. The quantitative estimate of drug-likeness (QED) is 0.776. The average molecular weight is 307 g/mol. The number of rotatable bonds is 3. The van der Waals surface area contributed by atoms with Gasteiger partial charge in [-0.2, -0.15) is 0 Å². The maximum Gasteiger partial charge on any atom is 0.325 e. The molecule has 0 unspecified atom stereocenters. The summed E-state index contributed by atoms with van der Waals surface area (Å²) in [7, 11) is 0. The Morgan fingerprint density at radius 1 is 1.23 bits per heavy atom. The first-order chi connectivity index (χ1) is 10.5. The van der Waals surface area contributed by atoms with Gasteiger partial charge in [-0.1, -0.05) is 32.6 Å². The molecule has 2 atom stereocenters. The molecule has 2 aliphatic carbocycles. The maximum absolute atomic E-state index is 12.7. The molecule has 4 amide bonds. The first-order valence-electron chi connectivity index (χ1n) is 8.46. The number of hydrogen-bond acceptors (Lipinski definition) is 3. The van der Waals surface area contributed by atoms with Gasteiger partial charge in [-0.25, -0.2) is 4.79 Å². The Labute approximate surface area is 131 Å². The Bertz CT molecular complexity index is 487. The van der Waals surface area contributed by atoms with Crippen LogP contribution in [0.15, 0.2) is 0 Å². The van der Waals surface area contributed by atoms with Crippen LogP contribution in [-0.4, -0.2) is 40.9 Å². The van der Waals surface area contributed by atoms with Crippen LogP contribution in [0, 0.1) is 5.92 Å². The number of amides is 4. The number of carbonyl (C=O) groups excluding carboxylic acids is 3. The smallest absolute Gasteiger partial charge is 0.325 e. The minimum Gasteiger partial charge on any atom is -0.352 e. The molecule has 122 valence electrons. The highest BCUT2D eigenvalue weighted by atomic mass is 16.2. The zero-order valence-corrected chi connectivity index (χ0v) is 13.2. The Hall–Kier alpha value is -1.59. The van der Waals surface area contributed by atoms with Gasteiger partial charge in [0, 0.05) is 6.04 Å². The van der Waals surface area contributed by atoms with Crippen molar-refractivity contribution in [3.05, 3.63) is 0 Å². The number of nitrogens with one attached hydrogen (secondary N) is 2. The second-order valence-electron chi connectivity index (χ2n) is 6.99. The minimum absolute atomic E-state index is 0.126. The number of urea groups is 1. The average Bonchev–Trinajstić information content (AvgIpc) is 3.06. The highest BCUT2D eigenvalue weighted by Crippen LogP contribution is 2.38. The maximum atomic E-state index is 12.7. The zero-order chi connectivity index (χ0) is 15.7. The van der Waals surface area contributed by atoms with Gasteiger partial charge in [0.15, 0.2) is 0 Å². The van der Waals surface area contributed by atoms with Gasteiger partial charge in [0.25, 0.3) is 5.91 Å². The summed E-state index contributed by atoms with van der Waals surface area (Å²) in [6.45, 7) is 1.86. The Morgan fingerprint density at radius 3 is 2.59 bits per heavy atom. The predicted molar refractivity (Wildman–Crippen MR) is 81.0 cm³/mol. The lowest BCUT2D eigenvalue weighted by molar-refractivity contribution is -0.137. The van der Waals surface area contributed by atoms with Crippen LogP contribution in [0.5, 0.6) is 0 Å². The molecule has 0 radical (unpaired) electrons. The molecule has 1 spiro atoms. The molecule has 2 N–H and O–H groups in total. The van der Waals surface area contributed by atoms with E-state index in [0.717, 1.165) is 49.8 Å². The van der Waals surface area contributed by atoms with Crippen LogP contribution in [0.3, 0.4) is 0 Å². The van der Waals surface area contributed by atoms with Gasteiger partial charge in [0.2, 0.25) is 5.91 Å². The van der Waals surface area contributed by atoms with Crippen molar-refractivity contribution in [1.82, 2.24) is 15.5 Å². The van der Waals surface area contributed by atoms with Gasteiger partial charge in [-0.05, 0) is 31.6 Å². The molecule has 1 heterocycles. The van der Waals surface area contributed by atoms with Gasteiger partial charge in [-0.15, -0.1) is 0 Å². The predicted octanol–water partition coefficient (Wildman–Crippen LogP) is 1.55. The van der Waals surface area contributed by atoms with Crippen molar-refractivity contribution < 1.29 is 14.4 Å². The van der Waals surface area contributed by atoms with E-state index in [1.165, 1.54) is 0 Å². The van der Waals surface area contributed by atoms with Crippen molar-refractivity contribution in [2.24, 2.45) is 5.92 Å². The third-order valence-corrected chi connectivity index (χ3v) is 5.52. The monoisotopic (exact) mass is 307 g/mol. The Balaban J connectivity index is 1.65. The summed E-state index contributed by atoms with van der Waals surface area (Å²) in [5, 5.41) is 5.81. The van der Waals surface area contributed by atoms with Gasteiger partial charge >= 0.3 is 6.03 Å². The molecule has 1 aliphatic heterocycles. The molecule has 0 aromatic carbocycles. The van der Waals surface area contributed by atoms with Crippen LogP contribution in [-0.2, 0) is 9.59 Å². The first-order valence-corrected chi connectivity index (χ1v) is 8.46. The molecule has 6 nitrogen and oxygen atoms in total. The van der Waals surface area contributed by atoms with E-state index in [0.29, 0.717) is 6.42 Å². The molecular weight excluding hydrogens is 282 g/mol. The molecular formula is C16H25N3O3. The molecule has 22 heavy (non-hydrogen) atoms. The van der Waals surface area contributed by atoms with E-state index in [1.54, 1.807) is 0 Å². The van der Waals surface area contributed by atoms with Crippen molar-refractivity contribution in [1.29, 1.82) is 0 Å². The standard InChI is InChI=1S/C16H25N3O3/c1-11-6-4-5-9-16(11)14(21)19(15(22)18-16)10-13(20)17-12-7-2-3-8-12/h11-12H,2-10H2,1H3,(H,17,20)(H,18,22)/t11-,16+/m0/s1. The number of imide groups is 1. The summed E-state index contributed by atoms with van der Waals surface area (Å²) >= 11 is 0. The third kappa shape index (κ3) is 2.59. The first kappa shape index (κ1) is 15.3. The molecule has 3 rings (SSSR count). The summed E-state index contributed by atoms with van der Waals surface area (Å²) in [6.07, 6.45) is 7.91. The minimum atomic E-state index is -0.775. The van der Waals surface area contributed by atoms with E-state index in [-0.39, 0.29) is 30.3 Å². The summed E-state index contributed by atoms with van der Waals surface area (Å²) in [6, 6.07) is -0.212. The normalized spacial score (nSPS) is 32.6. The summed E-state index contributed by atoms with van der Waals surface area (Å²) in [4.78, 5) is 38.1. The van der Waals surface area contributed by atoms with E-state index in [2.05, 4.69) is 10.6 Å². The van der Waals surface area contributed by atoms with E-state index in [4.69, 9.17) is 0 Å². The fourth-order valence-corrected chi connectivity index (χ4v) is 4.13. The summed E-state index contributed by atoms with van der Waals surface area (Å²) in [5.74, 6) is -0.317. The summed E-state index contributed by atoms with van der Waals surface area (Å²) < 4.78 is 0. The van der Waals surface area contributed by atoms with Crippen LogP contribution in [0.1, 0.15) is 58.3 Å². The molecule has 3 aliphatic rings. The fourth-order valence-electron chi connectivity index (χ4n) is 4.13. The summed E-state index contributed by atoms with van der Waals surface area (Å²) in [5.41, 5.74) is -0.775. The van der Waals surface area contributed by atoms with Crippen LogP contribution in [0.2, 0.25) is 0 Å². The van der Waals surface area contributed by atoms with E-state index in [9.17, 15) is 14.4 Å². The highest BCUT2D eigenvalue weighted by Gasteiger charge is 2.55. The van der Waals surface area contributed by atoms with Gasteiger partial charge in [0.05, 0.1) is 0 Å². The van der Waals surface area contributed by atoms with Crippen molar-refractivity contribution in [3.8, 4) is 0 Å². The van der Waals surface area contributed by atoms with Crippen LogP contribution >= 0.6 is 0 Å². The molecule has 0 aromatic rings. The molecule has 0 aromatic heterocycles. The van der Waals surface area contributed by atoms with Gasteiger partial charge in [0.1, 0.15) is 12.1 Å². The lowest BCUT2D eigenvalue weighted by atomic mass is 9.73. The number of nitrogens with zero attached hydrogens (tertiary/aromatic N) is 1. The van der Waals surface area contributed by atoms with Crippen molar-refractivity contribution >= 4 is 17.8 Å². The second kappa shape index (κ2) is 5.89. The zero-order valence-electron chi connectivity index (χ0n) is 13.2. The molecule has 6 heteroatoms. The van der Waals surface area contributed by atoms with E-state index >= 15 is 0 Å². The van der Waals surface area contributed by atoms with Gasteiger partial charge in [-0.3, -0.25) is 14.5 Å². The Kier molecular flexibility index (Phi) is 4.10. The number of carbonyl (C=O) groups is 3. The van der Waals surface area contributed by atoms with E-state index < -0.39 is 11.6 Å². The Morgan fingerprint density at radius 2 is 1.91 bits per heavy atom. The van der Waals surface area contributed by atoms with Gasteiger partial charge < -0.3 is 10.6 Å². The number of hydrogen-bond donors (Lipinski definition) is 2. The topological polar surface area (TPSA) is 78.5 Å². The highest BCUT2D eigenvalue weighted by molar-refractivity contribution is 6.09. The van der Waals surface area contributed by atoms with Crippen LogP contribution < -0.4 is 10.6 Å². The molecule has 0 bridgehead atoms. The lowest BCUT2D eigenvalue weighted by Crippen LogP contribution is -2.54. The van der Waals surface area contributed by atoms with Crippen LogP contribution in [0.4, 0.5) is 4.79 Å². The molecule has 3 fully saturated rings. The molecule has 1 saturated heterocycles. The molecule has 2 saturated carbocycles. The third-order valence-electron chi connectivity index (χ3n) is 5.52. The van der Waals surface area contributed by atoms with Crippen LogP contribution in [0.25, 0.3) is 0 Å². The van der Waals surface area contributed by atoms with E-state index in [1.807, 2.05) is 6.92 Å². The fraction of sp³-hybridized carbons (Fsp3) is 0.812. The largest absolute Gasteiger partial charge is 0.352 e. The second-order valence-corrected chi connectivity index (χ2v) is 6.99. The van der Waals surface area contributed by atoms with Crippen molar-refractivity contribution in [2.45, 2.75) is 69.9 Å². The SMILES string of the molecule is C[C@H]1CCCC[C@@]12NC(=O)N(CC(=O)NC1CCCC1)C2=O. The van der Waals surface area contributed by atoms with Crippen molar-refractivity contribution in [3.63, 3.8) is 0 Å².